The summed E-state index contributed by atoms with van der Waals surface area (Å²) in [4.78, 5) is 12.9. The number of amides is 2. The van der Waals surface area contributed by atoms with E-state index in [1.54, 1.807) is 18.4 Å². The van der Waals surface area contributed by atoms with Crippen LogP contribution in [0.4, 0.5) is 4.79 Å². The molecule has 0 radical (unpaired) electrons. The average Bonchev–Trinajstić information content (AvgIpc) is 2.88. The van der Waals surface area contributed by atoms with Crippen molar-refractivity contribution in [3.63, 3.8) is 0 Å². The third kappa shape index (κ3) is 3.99. The van der Waals surface area contributed by atoms with E-state index in [0.717, 1.165) is 11.3 Å². The Hall–Kier alpha value is -2.01. The van der Waals surface area contributed by atoms with Crippen LogP contribution in [0.1, 0.15) is 16.0 Å². The van der Waals surface area contributed by atoms with Crippen molar-refractivity contribution < 1.29 is 9.53 Å². The fourth-order valence-corrected chi connectivity index (χ4v) is 2.62. The van der Waals surface area contributed by atoms with Crippen LogP contribution in [0.15, 0.2) is 35.7 Å². The number of carbonyl (C=O) groups excluding carboxylic acids is 1. The monoisotopic (exact) mass is 290 g/mol. The molecule has 0 unspecified atom stereocenters. The van der Waals surface area contributed by atoms with Gasteiger partial charge < -0.3 is 15.4 Å². The number of rotatable bonds is 5. The minimum atomic E-state index is -0.166. The molecule has 2 N–H and O–H groups in total. The first kappa shape index (κ1) is 14.4. The first-order valence-electron chi connectivity index (χ1n) is 6.36. The van der Waals surface area contributed by atoms with Gasteiger partial charge in [-0.05, 0) is 41.6 Å². The van der Waals surface area contributed by atoms with E-state index in [4.69, 9.17) is 4.74 Å². The molecular weight excluding hydrogens is 272 g/mol. The van der Waals surface area contributed by atoms with Crippen LogP contribution in [0.3, 0.4) is 0 Å². The van der Waals surface area contributed by atoms with Crippen LogP contribution in [-0.2, 0) is 13.1 Å². The minimum Gasteiger partial charge on any atom is -0.497 e. The molecule has 0 fully saturated rings. The lowest BCUT2D eigenvalue weighted by molar-refractivity contribution is 0.240. The Morgan fingerprint density at radius 2 is 2.05 bits per heavy atom. The molecule has 0 saturated heterocycles. The molecule has 1 heterocycles. The Labute approximate surface area is 122 Å². The number of hydrogen-bond donors (Lipinski definition) is 2. The second-order valence-corrected chi connectivity index (χ2v) is 5.42. The van der Waals surface area contributed by atoms with Gasteiger partial charge in [-0.15, -0.1) is 11.3 Å². The van der Waals surface area contributed by atoms with E-state index < -0.39 is 0 Å². The summed E-state index contributed by atoms with van der Waals surface area (Å²) < 4.78 is 5.14. The van der Waals surface area contributed by atoms with Crippen molar-refractivity contribution >= 4 is 17.4 Å². The highest BCUT2D eigenvalue weighted by molar-refractivity contribution is 7.10. The minimum absolute atomic E-state index is 0.166. The van der Waals surface area contributed by atoms with Crippen LogP contribution in [0.5, 0.6) is 5.75 Å². The Morgan fingerprint density at radius 1 is 1.25 bits per heavy atom. The summed E-state index contributed by atoms with van der Waals surface area (Å²) in [6.07, 6.45) is 0. The third-order valence-corrected chi connectivity index (χ3v) is 3.99. The maximum atomic E-state index is 11.7. The second-order valence-electron chi connectivity index (χ2n) is 4.41. The van der Waals surface area contributed by atoms with Crippen molar-refractivity contribution in [2.75, 3.05) is 7.11 Å². The van der Waals surface area contributed by atoms with Crippen molar-refractivity contribution in [3.8, 4) is 5.75 Å². The van der Waals surface area contributed by atoms with Gasteiger partial charge in [0.25, 0.3) is 0 Å². The molecule has 1 aromatic heterocycles. The van der Waals surface area contributed by atoms with Crippen molar-refractivity contribution in [2.24, 2.45) is 0 Å². The third-order valence-electron chi connectivity index (χ3n) is 2.96. The van der Waals surface area contributed by atoms with Crippen molar-refractivity contribution in [2.45, 2.75) is 20.0 Å². The Balaban J connectivity index is 1.78. The number of methoxy groups -OCH3 is 1. The largest absolute Gasteiger partial charge is 0.497 e. The molecule has 2 rings (SSSR count). The molecule has 0 saturated carbocycles. The number of nitrogens with one attached hydrogen (secondary N) is 2. The van der Waals surface area contributed by atoms with Gasteiger partial charge in [-0.1, -0.05) is 12.1 Å². The molecule has 4 nitrogen and oxygen atoms in total. The predicted octanol–water partition coefficient (Wildman–Crippen LogP) is 3.06. The number of urea groups is 1. The second kappa shape index (κ2) is 6.96. The summed E-state index contributed by atoms with van der Waals surface area (Å²) in [7, 11) is 1.63. The van der Waals surface area contributed by atoms with E-state index in [1.807, 2.05) is 36.6 Å². The molecule has 1 aromatic carbocycles. The highest BCUT2D eigenvalue weighted by Crippen LogP contribution is 2.15. The summed E-state index contributed by atoms with van der Waals surface area (Å²) in [5.41, 5.74) is 2.22. The van der Waals surface area contributed by atoms with Crippen LogP contribution in [0, 0.1) is 6.92 Å². The summed E-state index contributed by atoms with van der Waals surface area (Å²) in [5.74, 6) is 0.791. The average molecular weight is 290 g/mol. The van der Waals surface area contributed by atoms with Crippen LogP contribution in [0.2, 0.25) is 0 Å². The first-order valence-corrected chi connectivity index (χ1v) is 7.24. The van der Waals surface area contributed by atoms with E-state index >= 15 is 0 Å². The van der Waals surface area contributed by atoms with Gasteiger partial charge in [-0.3, -0.25) is 0 Å². The van der Waals surface area contributed by atoms with Crippen LogP contribution < -0.4 is 15.4 Å². The Bertz CT molecular complexity index is 581. The molecule has 2 amide bonds. The van der Waals surface area contributed by atoms with Gasteiger partial charge in [0.05, 0.1) is 13.7 Å². The van der Waals surface area contributed by atoms with Crippen LogP contribution >= 0.6 is 11.3 Å². The Kier molecular flexibility index (Phi) is 5.01. The highest BCUT2D eigenvalue weighted by atomic mass is 32.1. The lowest BCUT2D eigenvalue weighted by Gasteiger charge is -2.08. The molecule has 0 aliphatic carbocycles. The molecule has 106 valence electrons. The number of hydrogen-bond acceptors (Lipinski definition) is 3. The maximum absolute atomic E-state index is 11.7. The number of benzene rings is 1. The lowest BCUT2D eigenvalue weighted by Crippen LogP contribution is -2.34. The van der Waals surface area contributed by atoms with E-state index in [9.17, 15) is 4.79 Å². The SMILES string of the molecule is COc1cccc(CNC(=O)NCc2sccc2C)c1. The molecule has 0 aliphatic heterocycles. The normalized spacial score (nSPS) is 10.1. The molecule has 20 heavy (non-hydrogen) atoms. The first-order chi connectivity index (χ1) is 9.69. The van der Waals surface area contributed by atoms with Crippen molar-refractivity contribution in [1.82, 2.24) is 10.6 Å². The van der Waals surface area contributed by atoms with Gasteiger partial charge in [0.2, 0.25) is 0 Å². The highest BCUT2D eigenvalue weighted by Gasteiger charge is 2.04. The van der Waals surface area contributed by atoms with Gasteiger partial charge >= 0.3 is 6.03 Å². The van der Waals surface area contributed by atoms with Gasteiger partial charge in [0.15, 0.2) is 0 Å². The molecule has 0 aliphatic rings. The molecule has 2 aromatic rings. The fourth-order valence-electron chi connectivity index (χ4n) is 1.77. The van der Waals surface area contributed by atoms with Crippen molar-refractivity contribution in [3.05, 3.63) is 51.7 Å². The number of aryl methyl sites for hydroxylation is 1. The van der Waals surface area contributed by atoms with Gasteiger partial charge in [0, 0.05) is 11.4 Å². The van der Waals surface area contributed by atoms with Gasteiger partial charge in [-0.25, -0.2) is 4.79 Å². The smallest absolute Gasteiger partial charge is 0.315 e. The standard InChI is InChI=1S/C15H18N2O2S/c1-11-6-7-20-14(11)10-17-15(18)16-9-12-4-3-5-13(8-12)19-2/h3-8H,9-10H2,1-2H3,(H2,16,17,18). The topological polar surface area (TPSA) is 50.4 Å². The number of ether oxygens (including phenoxy) is 1. The number of thiophene rings is 1. The van der Waals surface area contributed by atoms with Gasteiger partial charge in [-0.2, -0.15) is 0 Å². The summed E-state index contributed by atoms with van der Waals surface area (Å²) >= 11 is 1.65. The molecule has 0 spiro atoms. The quantitative estimate of drug-likeness (QED) is 0.889. The molecular formula is C15H18N2O2S. The van der Waals surface area contributed by atoms with Gasteiger partial charge in [0.1, 0.15) is 5.75 Å². The van der Waals surface area contributed by atoms with Crippen LogP contribution in [0.25, 0.3) is 0 Å². The van der Waals surface area contributed by atoms with Crippen LogP contribution in [-0.4, -0.2) is 13.1 Å². The maximum Gasteiger partial charge on any atom is 0.315 e. The van der Waals surface area contributed by atoms with Crippen molar-refractivity contribution in [1.29, 1.82) is 0 Å². The number of carbonyl (C=O) groups is 1. The summed E-state index contributed by atoms with van der Waals surface area (Å²) in [6, 6.07) is 9.53. The zero-order valence-electron chi connectivity index (χ0n) is 11.6. The zero-order valence-corrected chi connectivity index (χ0v) is 12.4. The van der Waals surface area contributed by atoms with E-state index in [-0.39, 0.29) is 6.03 Å². The molecule has 0 atom stereocenters. The van der Waals surface area contributed by atoms with E-state index in [2.05, 4.69) is 16.7 Å². The Morgan fingerprint density at radius 3 is 2.75 bits per heavy atom. The van der Waals surface area contributed by atoms with E-state index in [1.165, 1.54) is 10.4 Å². The van der Waals surface area contributed by atoms with E-state index in [0.29, 0.717) is 13.1 Å². The fraction of sp³-hybridized carbons (Fsp3) is 0.267. The lowest BCUT2D eigenvalue weighted by atomic mass is 10.2. The zero-order chi connectivity index (χ0) is 14.4. The molecule has 5 heteroatoms. The molecule has 0 bridgehead atoms. The summed E-state index contributed by atoms with van der Waals surface area (Å²) in [6.45, 7) is 3.08. The summed E-state index contributed by atoms with van der Waals surface area (Å²) in [5, 5.41) is 7.71. The predicted molar refractivity (Wildman–Crippen MR) is 81.1 cm³/mol.